The number of carbonyl (C=O) groups is 1. The Morgan fingerprint density at radius 2 is 2.00 bits per heavy atom. The van der Waals surface area contributed by atoms with Crippen LogP contribution in [-0.2, 0) is 21.4 Å². The maximum Gasteiger partial charge on any atom is 0.241 e. The molecule has 0 aliphatic rings. The number of hydrogen-bond acceptors (Lipinski definition) is 7. The van der Waals surface area contributed by atoms with Crippen LogP contribution >= 0.6 is 23.1 Å². The molecular formula is C13H16N4O3S3. The van der Waals surface area contributed by atoms with Crippen LogP contribution in [-0.4, -0.2) is 47.9 Å². The number of rotatable bonds is 7. The number of amides is 1. The summed E-state index contributed by atoms with van der Waals surface area (Å²) in [5.41, 5.74) is 0.811. The van der Waals surface area contributed by atoms with Gasteiger partial charge in [0.15, 0.2) is 4.34 Å². The zero-order valence-corrected chi connectivity index (χ0v) is 15.0. The van der Waals surface area contributed by atoms with Crippen molar-refractivity contribution in [2.45, 2.75) is 10.9 Å². The molecule has 0 spiro atoms. The molecule has 1 heterocycles. The number of hydrogen-bond donors (Lipinski definition) is 1. The van der Waals surface area contributed by atoms with Gasteiger partial charge in [-0.1, -0.05) is 53.4 Å². The van der Waals surface area contributed by atoms with E-state index in [2.05, 4.69) is 15.5 Å². The molecule has 1 amide bonds. The van der Waals surface area contributed by atoms with E-state index in [1.165, 1.54) is 23.1 Å². The number of anilines is 1. The fraction of sp³-hybridized carbons (Fsp3) is 0.308. The van der Waals surface area contributed by atoms with Gasteiger partial charge in [-0.3, -0.25) is 10.1 Å². The molecule has 2 aromatic rings. The van der Waals surface area contributed by atoms with E-state index in [0.717, 1.165) is 20.5 Å². The predicted octanol–water partition coefficient (Wildman–Crippen LogP) is 1.66. The van der Waals surface area contributed by atoms with Crippen LogP contribution in [0.2, 0.25) is 0 Å². The maximum absolute atomic E-state index is 12.1. The van der Waals surface area contributed by atoms with Crippen molar-refractivity contribution < 1.29 is 13.2 Å². The third-order valence-electron chi connectivity index (χ3n) is 2.82. The van der Waals surface area contributed by atoms with Crippen LogP contribution in [0.5, 0.6) is 0 Å². The van der Waals surface area contributed by atoms with E-state index in [4.69, 9.17) is 0 Å². The zero-order chi connectivity index (χ0) is 16.9. The number of carbonyl (C=O) groups excluding carboxylic acids is 1. The molecule has 1 aromatic heterocycles. The third kappa shape index (κ3) is 5.57. The normalized spacial score (nSPS) is 11.6. The van der Waals surface area contributed by atoms with Crippen molar-refractivity contribution in [1.29, 1.82) is 0 Å². The first kappa shape index (κ1) is 17.9. The lowest BCUT2D eigenvalue weighted by molar-refractivity contribution is -0.116. The average molecular weight is 372 g/mol. The van der Waals surface area contributed by atoms with Crippen molar-refractivity contribution in [1.82, 2.24) is 14.5 Å². The van der Waals surface area contributed by atoms with Gasteiger partial charge in [-0.15, -0.1) is 10.2 Å². The van der Waals surface area contributed by atoms with Crippen molar-refractivity contribution in [3.8, 4) is 0 Å². The Kier molecular flexibility index (Phi) is 6.10. The van der Waals surface area contributed by atoms with Gasteiger partial charge >= 0.3 is 0 Å². The molecule has 0 unspecified atom stereocenters. The molecule has 0 aliphatic carbocycles. The molecule has 0 bridgehead atoms. The number of benzene rings is 1. The third-order valence-corrected chi connectivity index (χ3v) is 5.83. The number of thioether (sulfide) groups is 1. The first-order chi connectivity index (χ1) is 10.9. The Hall–Kier alpha value is -1.49. The second kappa shape index (κ2) is 7.86. The first-order valence-electron chi connectivity index (χ1n) is 6.55. The second-order valence-electron chi connectivity index (χ2n) is 4.64. The van der Waals surface area contributed by atoms with Crippen molar-refractivity contribution >= 4 is 44.2 Å². The van der Waals surface area contributed by atoms with E-state index in [0.29, 0.717) is 5.13 Å². The molecule has 0 fully saturated rings. The highest BCUT2D eigenvalue weighted by Crippen LogP contribution is 2.23. The minimum Gasteiger partial charge on any atom is -0.299 e. The van der Waals surface area contributed by atoms with E-state index >= 15 is 0 Å². The molecule has 2 rings (SSSR count). The van der Waals surface area contributed by atoms with Gasteiger partial charge in [0.2, 0.25) is 21.1 Å². The van der Waals surface area contributed by atoms with Gasteiger partial charge in [0, 0.05) is 6.54 Å². The molecular weight excluding hydrogens is 356 g/mol. The largest absolute Gasteiger partial charge is 0.299 e. The number of nitrogens with one attached hydrogen (secondary N) is 1. The summed E-state index contributed by atoms with van der Waals surface area (Å²) in [4.78, 5) is 12.1. The molecule has 0 atom stereocenters. The predicted molar refractivity (Wildman–Crippen MR) is 92.0 cm³/mol. The van der Waals surface area contributed by atoms with Crippen LogP contribution in [0.1, 0.15) is 5.56 Å². The van der Waals surface area contributed by atoms with Gasteiger partial charge in [-0.05, 0) is 11.8 Å². The lowest BCUT2D eigenvalue weighted by atomic mass is 10.2. The topological polar surface area (TPSA) is 92.3 Å². The Bertz CT molecular complexity index is 762. The molecule has 0 saturated heterocycles. The van der Waals surface area contributed by atoms with Crippen LogP contribution in [0.4, 0.5) is 5.13 Å². The fourth-order valence-corrected chi connectivity index (χ4v) is 3.66. The van der Waals surface area contributed by atoms with Gasteiger partial charge in [-0.25, -0.2) is 8.42 Å². The van der Waals surface area contributed by atoms with Crippen molar-refractivity contribution in [3.63, 3.8) is 0 Å². The van der Waals surface area contributed by atoms with Crippen LogP contribution in [0.25, 0.3) is 0 Å². The van der Waals surface area contributed by atoms with E-state index in [1.807, 2.05) is 36.6 Å². The Labute approximate surface area is 143 Å². The smallest absolute Gasteiger partial charge is 0.241 e. The molecule has 0 aliphatic heterocycles. The van der Waals surface area contributed by atoms with Crippen LogP contribution in [0.3, 0.4) is 0 Å². The summed E-state index contributed by atoms with van der Waals surface area (Å²) >= 11 is 2.66. The summed E-state index contributed by atoms with van der Waals surface area (Å²) in [6.45, 7) is -0.138. The zero-order valence-electron chi connectivity index (χ0n) is 12.6. The quantitative estimate of drug-likeness (QED) is 0.587. The van der Waals surface area contributed by atoms with E-state index in [-0.39, 0.29) is 13.1 Å². The minimum absolute atomic E-state index is 0.138. The Balaban J connectivity index is 2.04. The average Bonchev–Trinajstić information content (AvgIpc) is 2.94. The van der Waals surface area contributed by atoms with Crippen molar-refractivity contribution in [2.75, 3.05) is 24.4 Å². The second-order valence-corrected chi connectivity index (χ2v) is 8.66. The molecule has 0 radical (unpaired) electrons. The summed E-state index contributed by atoms with van der Waals surface area (Å²) in [5.74, 6) is -0.449. The SMILES string of the molecule is CSc1nnc(NC(=O)CN(Cc2ccccc2)S(C)(=O)=O)s1. The molecule has 10 heteroatoms. The van der Waals surface area contributed by atoms with Crippen molar-refractivity contribution in [3.05, 3.63) is 35.9 Å². The number of aromatic nitrogens is 2. The summed E-state index contributed by atoms with van der Waals surface area (Å²) in [5, 5.41) is 10.6. The van der Waals surface area contributed by atoms with Crippen molar-refractivity contribution in [2.24, 2.45) is 0 Å². The van der Waals surface area contributed by atoms with E-state index in [1.54, 1.807) is 0 Å². The molecule has 124 valence electrons. The van der Waals surface area contributed by atoms with Gasteiger partial charge in [-0.2, -0.15) is 4.31 Å². The highest BCUT2D eigenvalue weighted by molar-refractivity contribution is 8.00. The van der Waals surface area contributed by atoms with Gasteiger partial charge in [0.1, 0.15) is 0 Å². The highest BCUT2D eigenvalue weighted by atomic mass is 32.2. The number of nitrogens with zero attached hydrogens (tertiary/aromatic N) is 3. The first-order valence-corrected chi connectivity index (χ1v) is 10.4. The summed E-state index contributed by atoms with van der Waals surface area (Å²) in [6, 6.07) is 9.11. The lowest BCUT2D eigenvalue weighted by Gasteiger charge is -2.19. The van der Waals surface area contributed by atoms with Gasteiger partial charge in [0.25, 0.3) is 0 Å². The Morgan fingerprint density at radius 3 is 2.57 bits per heavy atom. The summed E-state index contributed by atoms with van der Waals surface area (Å²) < 4.78 is 25.6. The van der Waals surface area contributed by atoms with E-state index in [9.17, 15) is 13.2 Å². The highest BCUT2D eigenvalue weighted by Gasteiger charge is 2.21. The molecule has 7 nitrogen and oxygen atoms in total. The Morgan fingerprint density at radius 1 is 1.30 bits per heavy atom. The van der Waals surface area contributed by atoms with E-state index < -0.39 is 15.9 Å². The minimum atomic E-state index is -3.51. The molecule has 1 aromatic carbocycles. The van der Waals surface area contributed by atoms with Crippen LogP contribution < -0.4 is 5.32 Å². The summed E-state index contributed by atoms with van der Waals surface area (Å²) in [6.07, 6.45) is 2.94. The lowest BCUT2D eigenvalue weighted by Crippen LogP contribution is -2.36. The molecule has 0 saturated carbocycles. The summed E-state index contributed by atoms with van der Waals surface area (Å²) in [7, 11) is -3.51. The van der Waals surface area contributed by atoms with Gasteiger partial charge < -0.3 is 0 Å². The van der Waals surface area contributed by atoms with Gasteiger partial charge in [0.05, 0.1) is 12.8 Å². The molecule has 1 N–H and O–H groups in total. The molecule has 23 heavy (non-hydrogen) atoms. The fourth-order valence-electron chi connectivity index (χ4n) is 1.74. The standard InChI is InChI=1S/C13H16N4O3S3/c1-21-13-16-15-12(22-13)14-11(18)9-17(23(2,19)20)8-10-6-4-3-5-7-10/h3-7H,8-9H2,1-2H3,(H,14,15,18). The van der Waals surface area contributed by atoms with Crippen LogP contribution in [0, 0.1) is 0 Å². The van der Waals surface area contributed by atoms with Crippen LogP contribution in [0.15, 0.2) is 34.7 Å². The monoisotopic (exact) mass is 372 g/mol. The maximum atomic E-state index is 12.1. The number of sulfonamides is 1.